The van der Waals surface area contributed by atoms with E-state index in [-0.39, 0.29) is 36.1 Å². The summed E-state index contributed by atoms with van der Waals surface area (Å²) in [6.45, 7) is 5.06. The van der Waals surface area contributed by atoms with E-state index in [1.807, 2.05) is 33.9 Å². The fourth-order valence-electron chi connectivity index (χ4n) is 6.75. The number of carbonyl (C=O) groups is 1. The van der Waals surface area contributed by atoms with E-state index >= 15 is 0 Å². The zero-order chi connectivity index (χ0) is 31.9. The number of nitrogens with zero attached hydrogens (tertiary/aromatic N) is 8. The lowest BCUT2D eigenvalue weighted by Crippen LogP contribution is -2.55. The van der Waals surface area contributed by atoms with E-state index < -0.39 is 23.6 Å². The molecular weight excluding hydrogens is 614 g/mol. The molecule has 1 saturated carbocycles. The van der Waals surface area contributed by atoms with E-state index in [1.165, 1.54) is 11.0 Å². The molecular formula is C33H31ClF2N8O2. The third-order valence-corrected chi connectivity index (χ3v) is 9.59. The molecule has 0 bridgehead atoms. The van der Waals surface area contributed by atoms with Crippen LogP contribution in [-0.2, 0) is 17.8 Å². The Labute approximate surface area is 269 Å². The predicted molar refractivity (Wildman–Crippen MR) is 169 cm³/mol. The lowest BCUT2D eigenvalue weighted by atomic mass is 9.89. The van der Waals surface area contributed by atoms with Crippen molar-refractivity contribution in [1.82, 2.24) is 24.4 Å². The Balaban J connectivity index is 1.24. The van der Waals surface area contributed by atoms with Gasteiger partial charge in [0.1, 0.15) is 17.7 Å². The van der Waals surface area contributed by atoms with Crippen molar-refractivity contribution in [3.8, 4) is 12.1 Å². The molecule has 3 aliphatic rings. The van der Waals surface area contributed by atoms with Gasteiger partial charge in [-0.1, -0.05) is 36.4 Å². The number of fused-ring (bicyclic) bond motifs is 2. The number of carbonyl (C=O) groups excluding carboxylic acids is 1. The summed E-state index contributed by atoms with van der Waals surface area (Å²) >= 11 is 6.49. The van der Waals surface area contributed by atoms with Crippen LogP contribution in [0.5, 0.6) is 6.01 Å². The molecule has 2 aliphatic heterocycles. The second-order valence-electron chi connectivity index (χ2n) is 11.8. The number of aromatic nitrogens is 4. The molecule has 236 valence electrons. The van der Waals surface area contributed by atoms with Crippen LogP contribution in [0.25, 0.3) is 10.8 Å². The van der Waals surface area contributed by atoms with Crippen LogP contribution in [0.15, 0.2) is 61.5 Å². The van der Waals surface area contributed by atoms with Crippen LogP contribution in [0.1, 0.15) is 36.6 Å². The number of anilines is 2. The standard InChI is InChI=1S/C33H31ClF2N8O2/c1-20(35)32(45)44-16-15-42(17-22(44)9-11-37)31-23-10-13-41(27-4-2-3-21-5-6-24(36)30(34)29(21)27)18-25(23)39-33(40-31)46-28-8-7-26(28)43-14-12-38-19-43/h2-6,12,14,19,22,26,28H,1,7-10,13,15-18H2/t22-,26?,28?/m0/s1. The highest BCUT2D eigenvalue weighted by atomic mass is 35.5. The van der Waals surface area contributed by atoms with Crippen molar-refractivity contribution < 1.29 is 18.3 Å². The van der Waals surface area contributed by atoms with Crippen LogP contribution in [0, 0.1) is 17.1 Å². The maximum absolute atomic E-state index is 14.6. The minimum Gasteiger partial charge on any atom is -0.458 e. The molecule has 1 aliphatic carbocycles. The average molecular weight is 645 g/mol. The summed E-state index contributed by atoms with van der Waals surface area (Å²) in [6.07, 6.45) is 7.68. The molecule has 2 unspecified atom stereocenters. The number of hydrogen-bond donors (Lipinski definition) is 0. The van der Waals surface area contributed by atoms with E-state index in [1.54, 1.807) is 18.6 Å². The van der Waals surface area contributed by atoms with Crippen molar-refractivity contribution in [1.29, 1.82) is 5.26 Å². The Kier molecular flexibility index (Phi) is 7.94. The first-order valence-corrected chi connectivity index (χ1v) is 15.6. The van der Waals surface area contributed by atoms with Crippen LogP contribution in [0.4, 0.5) is 20.3 Å². The molecule has 0 N–H and O–H groups in total. The van der Waals surface area contributed by atoms with Crippen LogP contribution in [-0.4, -0.2) is 68.7 Å². The Morgan fingerprint density at radius 1 is 1.15 bits per heavy atom. The highest BCUT2D eigenvalue weighted by Gasteiger charge is 2.37. The Hall–Kier alpha value is -4.76. The van der Waals surface area contributed by atoms with Crippen LogP contribution in [0.3, 0.4) is 0 Å². The van der Waals surface area contributed by atoms with Gasteiger partial charge in [0.2, 0.25) is 0 Å². The largest absolute Gasteiger partial charge is 0.458 e. The second-order valence-corrected chi connectivity index (χ2v) is 12.2. The van der Waals surface area contributed by atoms with Crippen LogP contribution >= 0.6 is 11.6 Å². The maximum Gasteiger partial charge on any atom is 0.319 e. The van der Waals surface area contributed by atoms with E-state index in [9.17, 15) is 18.8 Å². The molecule has 4 heterocycles. The summed E-state index contributed by atoms with van der Waals surface area (Å²) in [7, 11) is 0. The number of ether oxygens (including phenoxy) is 1. The summed E-state index contributed by atoms with van der Waals surface area (Å²) in [6, 6.07) is 10.8. The lowest BCUT2D eigenvalue weighted by Gasteiger charge is -2.42. The van der Waals surface area contributed by atoms with Crippen LogP contribution in [0.2, 0.25) is 5.02 Å². The van der Waals surface area contributed by atoms with Gasteiger partial charge in [-0.25, -0.2) is 13.8 Å². The molecule has 3 atom stereocenters. The van der Waals surface area contributed by atoms with Gasteiger partial charge in [-0.15, -0.1) is 0 Å². The fraction of sp³-hybridized carbons (Fsp3) is 0.364. The molecule has 10 nitrogen and oxygen atoms in total. The molecule has 0 spiro atoms. The molecule has 0 radical (unpaired) electrons. The van der Waals surface area contributed by atoms with Crippen molar-refractivity contribution in [3.63, 3.8) is 0 Å². The summed E-state index contributed by atoms with van der Waals surface area (Å²) < 4.78 is 36.9. The SMILES string of the molecule is C=C(F)C(=O)N1CCN(c2nc(OC3CCC3n3ccnc3)nc3c2CCN(c2cccc4ccc(F)c(Cl)c24)C3)C[C@@H]1CC#N. The number of nitriles is 1. The van der Waals surface area contributed by atoms with Gasteiger partial charge in [-0.3, -0.25) is 4.79 Å². The van der Waals surface area contributed by atoms with Crippen LogP contribution < -0.4 is 14.5 Å². The highest BCUT2D eigenvalue weighted by molar-refractivity contribution is 6.36. The number of rotatable bonds is 7. The molecule has 1 saturated heterocycles. The number of amides is 1. The van der Waals surface area contributed by atoms with E-state index in [0.717, 1.165) is 35.2 Å². The van der Waals surface area contributed by atoms with Gasteiger partial charge in [0.05, 0.1) is 48.2 Å². The maximum atomic E-state index is 14.6. The smallest absolute Gasteiger partial charge is 0.319 e. The lowest BCUT2D eigenvalue weighted by molar-refractivity contribution is -0.131. The van der Waals surface area contributed by atoms with Crippen molar-refractivity contribution in [2.75, 3.05) is 36.0 Å². The quantitative estimate of drug-likeness (QED) is 0.247. The molecule has 2 aromatic heterocycles. The van der Waals surface area contributed by atoms with Gasteiger partial charge in [-0.05, 0) is 36.8 Å². The minimum atomic E-state index is -1.05. The van der Waals surface area contributed by atoms with E-state index in [2.05, 4.69) is 22.5 Å². The topological polar surface area (TPSA) is 103 Å². The van der Waals surface area contributed by atoms with E-state index in [4.69, 9.17) is 26.3 Å². The number of piperazine rings is 1. The van der Waals surface area contributed by atoms with Gasteiger partial charge in [0.25, 0.3) is 5.91 Å². The monoisotopic (exact) mass is 644 g/mol. The zero-order valence-electron chi connectivity index (χ0n) is 25.0. The average Bonchev–Trinajstić information content (AvgIpc) is 3.57. The highest BCUT2D eigenvalue weighted by Crippen LogP contribution is 2.40. The third-order valence-electron chi connectivity index (χ3n) is 9.22. The summed E-state index contributed by atoms with van der Waals surface area (Å²) in [4.78, 5) is 32.1. The number of imidazole rings is 1. The van der Waals surface area contributed by atoms with Gasteiger partial charge in [0, 0.05) is 55.2 Å². The van der Waals surface area contributed by atoms with E-state index in [0.29, 0.717) is 43.8 Å². The molecule has 13 heteroatoms. The Morgan fingerprint density at radius 2 is 2.02 bits per heavy atom. The van der Waals surface area contributed by atoms with Crippen molar-refractivity contribution >= 4 is 39.8 Å². The minimum absolute atomic E-state index is 0.0347. The Morgan fingerprint density at radius 3 is 2.76 bits per heavy atom. The fourth-order valence-corrected chi connectivity index (χ4v) is 7.01. The first kappa shape index (κ1) is 29.9. The van der Waals surface area contributed by atoms with Gasteiger partial charge in [0.15, 0.2) is 5.83 Å². The molecule has 2 fully saturated rings. The summed E-state index contributed by atoms with van der Waals surface area (Å²) in [5.41, 5.74) is 2.51. The number of hydrogen-bond acceptors (Lipinski definition) is 8. The normalized spacial score (nSPS) is 21.0. The zero-order valence-corrected chi connectivity index (χ0v) is 25.7. The first-order chi connectivity index (χ1) is 22.3. The van der Waals surface area contributed by atoms with Gasteiger partial charge in [-0.2, -0.15) is 15.2 Å². The first-order valence-electron chi connectivity index (χ1n) is 15.2. The number of halogens is 3. The summed E-state index contributed by atoms with van der Waals surface area (Å²) in [5.74, 6) is -1.65. The molecule has 2 aromatic carbocycles. The summed E-state index contributed by atoms with van der Waals surface area (Å²) in [5, 5.41) is 11.1. The Bertz CT molecular complexity index is 1860. The third kappa shape index (κ3) is 5.38. The molecule has 1 amide bonds. The molecule has 4 aromatic rings. The second kappa shape index (κ2) is 12.2. The van der Waals surface area contributed by atoms with Crippen molar-refractivity contribution in [2.24, 2.45) is 0 Å². The molecule has 7 rings (SSSR count). The van der Waals surface area contributed by atoms with Crippen molar-refractivity contribution in [3.05, 3.63) is 83.6 Å². The predicted octanol–water partition coefficient (Wildman–Crippen LogP) is 5.38. The van der Waals surface area contributed by atoms with Gasteiger partial charge < -0.3 is 24.0 Å². The number of benzene rings is 2. The molecule has 46 heavy (non-hydrogen) atoms. The van der Waals surface area contributed by atoms with Crippen molar-refractivity contribution in [2.45, 2.75) is 50.4 Å². The van der Waals surface area contributed by atoms with Gasteiger partial charge >= 0.3 is 6.01 Å².